The fraction of sp³-hybridized carbons (Fsp3) is 0.567. The predicted octanol–water partition coefficient (Wildman–Crippen LogP) is 0.222. The molecule has 18 heteroatoms. The van der Waals surface area contributed by atoms with E-state index >= 15 is 0 Å². The molecule has 0 spiro atoms. The number of hydrogen-bond donors (Lipinski definition) is 8. The second-order valence-corrected chi connectivity index (χ2v) is 11.3. The Labute approximate surface area is 276 Å². The van der Waals surface area contributed by atoms with E-state index in [0.717, 1.165) is 0 Å². The van der Waals surface area contributed by atoms with Gasteiger partial charge < -0.3 is 42.7 Å². The Morgan fingerprint density at radius 3 is 2.15 bits per heavy atom. The molecule has 48 heavy (non-hydrogen) atoms. The van der Waals surface area contributed by atoms with Gasteiger partial charge in [0.1, 0.15) is 23.7 Å². The summed E-state index contributed by atoms with van der Waals surface area (Å²) in [5, 5.41) is 23.9. The summed E-state index contributed by atoms with van der Waals surface area (Å²) in [7, 11) is 1.54. The van der Waals surface area contributed by atoms with Crippen molar-refractivity contribution in [1.29, 1.82) is 0 Å². The van der Waals surface area contributed by atoms with E-state index < -0.39 is 65.4 Å². The molecule has 0 aliphatic carbocycles. The smallest absolute Gasteiger partial charge is 0.475 e. The van der Waals surface area contributed by atoms with E-state index in [-0.39, 0.29) is 37.7 Å². The first kappa shape index (κ1) is 41.1. The maximum atomic E-state index is 13.6. The molecule has 0 bridgehead atoms. The quantitative estimate of drug-likeness (QED) is 0.106. The van der Waals surface area contributed by atoms with Gasteiger partial charge in [0.05, 0.1) is 0 Å². The van der Waals surface area contributed by atoms with Gasteiger partial charge in [0.2, 0.25) is 29.5 Å². The lowest BCUT2D eigenvalue weighted by atomic mass is 9.94. The Hall–Kier alpha value is -4.90. The number of carbonyl (C=O) groups is 6. The molecule has 15 nitrogen and oxygen atoms in total. The van der Waals surface area contributed by atoms with Gasteiger partial charge in [0.25, 0.3) is 0 Å². The molecule has 1 saturated heterocycles. The summed E-state index contributed by atoms with van der Waals surface area (Å²) >= 11 is 0. The molecule has 1 fully saturated rings. The number of aliphatic imine (C=N–C) groups is 1. The third-order valence-corrected chi connectivity index (χ3v) is 7.15. The van der Waals surface area contributed by atoms with Crippen LogP contribution in [0.3, 0.4) is 0 Å². The summed E-state index contributed by atoms with van der Waals surface area (Å²) in [5.41, 5.74) is 4.80. The first-order chi connectivity index (χ1) is 22.4. The Bertz CT molecular complexity index is 1310. The number of nitrogens with two attached hydrogens (primary N) is 1. The Morgan fingerprint density at radius 1 is 1.04 bits per heavy atom. The van der Waals surface area contributed by atoms with Crippen LogP contribution in [0.2, 0.25) is 0 Å². The molecule has 5 amide bonds. The van der Waals surface area contributed by atoms with Gasteiger partial charge in [0, 0.05) is 26.1 Å². The van der Waals surface area contributed by atoms with E-state index in [2.05, 4.69) is 36.9 Å². The monoisotopic (exact) mass is 686 g/mol. The molecule has 0 aromatic heterocycles. The van der Waals surface area contributed by atoms with Gasteiger partial charge in [-0.05, 0) is 38.2 Å². The van der Waals surface area contributed by atoms with E-state index in [1.807, 2.05) is 0 Å². The first-order valence-electron chi connectivity index (χ1n) is 15.2. The average Bonchev–Trinajstić information content (AvgIpc) is 3.02. The molecule has 268 valence electrons. The van der Waals surface area contributed by atoms with Gasteiger partial charge in [0.15, 0.2) is 5.96 Å². The zero-order valence-corrected chi connectivity index (χ0v) is 27.5. The summed E-state index contributed by atoms with van der Waals surface area (Å²) in [5.74, 6) is -5.43. The third kappa shape index (κ3) is 13.4. The topological polar surface area (TPSA) is 233 Å². The number of hydrogen-bond acceptors (Lipinski definition) is 7. The van der Waals surface area contributed by atoms with Crippen molar-refractivity contribution in [2.75, 3.05) is 20.1 Å². The highest BCUT2D eigenvalue weighted by atomic mass is 19.4. The maximum absolute atomic E-state index is 13.6. The SMILES string of the molecule is CC[C@@H]1NC(=O)[C@H](CCCNC(N)=NC)NC(=O)[C@](C)(NC(=O)C(C)C)CCNC(=O)[C@@H](c2ccccc2)NC1=O.O=C(O)C(F)(F)F. The number of halogens is 3. The summed E-state index contributed by atoms with van der Waals surface area (Å²) < 4.78 is 31.7. The van der Waals surface area contributed by atoms with Crippen LogP contribution in [0, 0.1) is 5.92 Å². The number of guanidine groups is 1. The largest absolute Gasteiger partial charge is 0.490 e. The van der Waals surface area contributed by atoms with E-state index in [4.69, 9.17) is 15.6 Å². The van der Waals surface area contributed by atoms with Crippen molar-refractivity contribution in [2.45, 2.75) is 83.2 Å². The van der Waals surface area contributed by atoms with E-state index in [0.29, 0.717) is 18.5 Å². The van der Waals surface area contributed by atoms with Crippen LogP contribution in [0.25, 0.3) is 0 Å². The van der Waals surface area contributed by atoms with Gasteiger partial charge in [-0.2, -0.15) is 13.2 Å². The van der Waals surface area contributed by atoms with Crippen LogP contribution in [0.1, 0.15) is 65.0 Å². The highest BCUT2D eigenvalue weighted by Gasteiger charge is 2.39. The number of carbonyl (C=O) groups excluding carboxylic acids is 5. The lowest BCUT2D eigenvalue weighted by Crippen LogP contribution is -2.63. The molecule has 9 N–H and O–H groups in total. The van der Waals surface area contributed by atoms with Gasteiger partial charge in [-0.25, -0.2) is 4.79 Å². The number of amides is 5. The maximum Gasteiger partial charge on any atom is 0.490 e. The van der Waals surface area contributed by atoms with E-state index in [9.17, 15) is 37.1 Å². The Morgan fingerprint density at radius 2 is 1.62 bits per heavy atom. The molecule has 0 saturated carbocycles. The summed E-state index contributed by atoms with van der Waals surface area (Å²) in [6.07, 6.45) is -4.14. The number of carboxylic acids is 1. The number of aliphatic carboxylic acids is 1. The standard InChI is InChI=1S/C28H44N8O5.C2HF3O2/c1-6-19-23(38)35-21(18-11-8-7-9-12-18)25(40)31-16-14-28(4,36-22(37)17(2)3)26(41)34-20(24(39)33-19)13-10-15-32-27(29)30-5;3-2(4,5)1(6)7/h7-9,11-12,17,19-21H,6,10,13-16H2,1-5H3,(H,31,40)(H,33,39)(H,34,41)(H,35,38)(H,36,37)(H3,29,30,32);(H,6,7)/t19-,20-,21+,28+;/m0./s1. The van der Waals surface area contributed by atoms with E-state index in [1.54, 1.807) is 65.1 Å². The zero-order chi connectivity index (χ0) is 36.7. The van der Waals surface area contributed by atoms with Crippen LogP contribution >= 0.6 is 0 Å². The number of alkyl halides is 3. The van der Waals surface area contributed by atoms with Crippen molar-refractivity contribution in [1.82, 2.24) is 31.9 Å². The lowest BCUT2D eigenvalue weighted by Gasteiger charge is -2.33. The minimum Gasteiger partial charge on any atom is -0.475 e. The van der Waals surface area contributed by atoms with Crippen molar-refractivity contribution in [3.8, 4) is 0 Å². The molecule has 1 aromatic carbocycles. The number of benzene rings is 1. The summed E-state index contributed by atoms with van der Waals surface area (Å²) in [4.78, 5) is 79.0. The van der Waals surface area contributed by atoms with Crippen molar-refractivity contribution in [3.63, 3.8) is 0 Å². The molecule has 1 aliphatic rings. The van der Waals surface area contributed by atoms with Crippen molar-refractivity contribution in [3.05, 3.63) is 35.9 Å². The van der Waals surface area contributed by atoms with E-state index in [1.165, 1.54) is 0 Å². The normalized spacial score (nSPS) is 22.9. The number of rotatable bonds is 8. The predicted molar refractivity (Wildman–Crippen MR) is 169 cm³/mol. The first-order valence-corrected chi connectivity index (χ1v) is 15.2. The highest BCUT2D eigenvalue weighted by Crippen LogP contribution is 2.17. The second kappa shape index (κ2) is 19.0. The number of carboxylic acid groups (broad SMARTS) is 1. The van der Waals surface area contributed by atoms with Crippen molar-refractivity contribution < 1.29 is 47.0 Å². The van der Waals surface area contributed by atoms with Crippen molar-refractivity contribution >= 4 is 41.5 Å². The Kier molecular flexibility index (Phi) is 16.3. The molecule has 0 radical (unpaired) electrons. The lowest BCUT2D eigenvalue weighted by molar-refractivity contribution is -0.192. The molecule has 4 atom stereocenters. The van der Waals surface area contributed by atoms with Gasteiger partial charge >= 0.3 is 12.1 Å². The minimum atomic E-state index is -5.08. The molecule has 1 aromatic rings. The van der Waals surface area contributed by atoms with Crippen LogP contribution in [0.15, 0.2) is 35.3 Å². The number of nitrogens with one attached hydrogen (secondary N) is 6. The fourth-order valence-corrected chi connectivity index (χ4v) is 4.19. The molecule has 1 aliphatic heterocycles. The molecule has 0 unspecified atom stereocenters. The molecule has 2 rings (SSSR count). The van der Waals surface area contributed by atoms with Gasteiger partial charge in [-0.1, -0.05) is 51.1 Å². The second-order valence-electron chi connectivity index (χ2n) is 11.3. The fourth-order valence-electron chi connectivity index (χ4n) is 4.19. The third-order valence-electron chi connectivity index (χ3n) is 7.15. The summed E-state index contributed by atoms with van der Waals surface area (Å²) in [6.45, 7) is 7.11. The zero-order valence-electron chi connectivity index (χ0n) is 27.5. The Balaban J connectivity index is 0.00000148. The molecular weight excluding hydrogens is 641 g/mol. The van der Waals surface area contributed by atoms with Gasteiger partial charge in [-0.3, -0.25) is 29.0 Å². The average molecular weight is 687 g/mol. The highest BCUT2D eigenvalue weighted by molar-refractivity contribution is 5.97. The van der Waals surface area contributed by atoms with Crippen LogP contribution in [0.4, 0.5) is 13.2 Å². The summed E-state index contributed by atoms with van der Waals surface area (Å²) in [6, 6.07) is 5.72. The molecule has 1 heterocycles. The van der Waals surface area contributed by atoms with Crippen LogP contribution in [-0.4, -0.2) is 90.5 Å². The van der Waals surface area contributed by atoms with Crippen molar-refractivity contribution in [2.24, 2.45) is 16.6 Å². The van der Waals surface area contributed by atoms with Gasteiger partial charge in [-0.15, -0.1) is 0 Å². The van der Waals surface area contributed by atoms with Crippen LogP contribution < -0.4 is 37.6 Å². The number of nitrogens with zero attached hydrogens (tertiary/aromatic N) is 1. The molecular formula is C30H45F3N8O7. The van der Waals surface area contributed by atoms with Crippen LogP contribution in [0.5, 0.6) is 0 Å². The van der Waals surface area contributed by atoms with Crippen LogP contribution in [-0.2, 0) is 28.8 Å². The minimum absolute atomic E-state index is 0.0218.